The van der Waals surface area contributed by atoms with Gasteiger partial charge in [-0.2, -0.15) is 8.42 Å². The smallest absolute Gasteiger partial charge is 0.316 e. The first-order chi connectivity index (χ1) is 10.6. The second-order valence-electron chi connectivity index (χ2n) is 6.41. The monoisotopic (exact) mass is 351 g/mol. The van der Waals surface area contributed by atoms with E-state index in [-0.39, 0.29) is 0 Å². The molecule has 0 unspecified atom stereocenters. The van der Waals surface area contributed by atoms with Crippen LogP contribution in [0.25, 0.3) is 0 Å². The van der Waals surface area contributed by atoms with Crippen molar-refractivity contribution in [3.8, 4) is 0 Å². The highest BCUT2D eigenvalue weighted by molar-refractivity contribution is 8.69. The lowest BCUT2D eigenvalue weighted by atomic mass is 9.99. The Morgan fingerprint density at radius 3 is 2.14 bits per heavy atom. The Bertz CT molecular complexity index is 354. The van der Waals surface area contributed by atoms with Crippen molar-refractivity contribution in [3.63, 3.8) is 0 Å². The minimum absolute atomic E-state index is 0.403. The van der Waals surface area contributed by atoms with Crippen molar-refractivity contribution in [2.24, 2.45) is 5.92 Å². The minimum Gasteiger partial charge on any atom is -0.316 e. The largest absolute Gasteiger partial charge is 0.319 e. The molecule has 1 aliphatic rings. The zero-order chi connectivity index (χ0) is 16.1. The predicted octanol–water partition coefficient (Wildman–Crippen LogP) is 4.42. The molecule has 6 heteroatoms. The summed E-state index contributed by atoms with van der Waals surface area (Å²) < 4.78 is 29.5. The number of rotatable bonds is 14. The Morgan fingerprint density at radius 1 is 0.909 bits per heavy atom. The molecule has 1 rings (SSSR count). The molecule has 0 aromatic rings. The summed E-state index contributed by atoms with van der Waals surface area (Å²) in [6.45, 7) is 1.57. The van der Waals surface area contributed by atoms with Crippen LogP contribution in [0.2, 0.25) is 0 Å². The first-order valence-electron chi connectivity index (χ1n) is 8.90. The molecule has 0 saturated heterocycles. The van der Waals surface area contributed by atoms with Gasteiger partial charge in [0.1, 0.15) is 0 Å². The molecule has 2 N–H and O–H groups in total. The molecular formula is C16H33NO3S2. The summed E-state index contributed by atoms with van der Waals surface area (Å²) in [7, 11) is -3.28. The van der Waals surface area contributed by atoms with E-state index >= 15 is 0 Å². The second kappa shape index (κ2) is 12.6. The van der Waals surface area contributed by atoms with Crippen LogP contribution in [0.15, 0.2) is 0 Å². The van der Waals surface area contributed by atoms with E-state index in [2.05, 4.69) is 5.32 Å². The number of nitrogens with one attached hydrogen (secondary N) is 1. The highest BCUT2D eigenvalue weighted by Gasteiger charge is 2.13. The molecule has 0 radical (unpaired) electrons. The van der Waals surface area contributed by atoms with Gasteiger partial charge in [-0.25, -0.2) is 0 Å². The van der Waals surface area contributed by atoms with Gasteiger partial charge in [0.15, 0.2) is 0 Å². The van der Waals surface area contributed by atoms with Crippen LogP contribution in [0.1, 0.15) is 77.0 Å². The lowest BCUT2D eigenvalue weighted by Crippen LogP contribution is -2.18. The quantitative estimate of drug-likeness (QED) is 0.275. The Hall–Kier alpha value is 0.220. The first kappa shape index (κ1) is 20.3. The Balaban J connectivity index is 1.71. The summed E-state index contributed by atoms with van der Waals surface area (Å²) in [5.74, 6) is 1.45. The van der Waals surface area contributed by atoms with Gasteiger partial charge in [0, 0.05) is 12.3 Å². The Labute approximate surface area is 140 Å². The SMILES string of the molecule is O=S(=O)(O)SCCNCCCCCCCCCC1CCCC1. The van der Waals surface area contributed by atoms with E-state index in [1.165, 1.54) is 70.6 Å². The summed E-state index contributed by atoms with van der Waals surface area (Å²) in [5.41, 5.74) is 0. The van der Waals surface area contributed by atoms with Crippen LogP contribution in [-0.2, 0) is 9.15 Å². The van der Waals surface area contributed by atoms with E-state index in [9.17, 15) is 8.42 Å². The molecule has 0 spiro atoms. The molecule has 22 heavy (non-hydrogen) atoms. The van der Waals surface area contributed by atoms with Crippen molar-refractivity contribution in [1.82, 2.24) is 5.32 Å². The van der Waals surface area contributed by atoms with E-state index in [1.54, 1.807) is 0 Å². The molecule has 1 saturated carbocycles. The second-order valence-corrected chi connectivity index (χ2v) is 9.88. The Morgan fingerprint density at radius 2 is 1.50 bits per heavy atom. The minimum atomic E-state index is -3.87. The van der Waals surface area contributed by atoms with Crippen molar-refractivity contribution in [3.05, 3.63) is 0 Å². The fraction of sp³-hybridized carbons (Fsp3) is 1.00. The van der Waals surface area contributed by atoms with Gasteiger partial charge >= 0.3 is 9.15 Å². The lowest BCUT2D eigenvalue weighted by Gasteiger charge is -2.08. The van der Waals surface area contributed by atoms with Gasteiger partial charge in [0.2, 0.25) is 0 Å². The van der Waals surface area contributed by atoms with Gasteiger partial charge in [-0.1, -0.05) is 70.6 Å². The van der Waals surface area contributed by atoms with Crippen LogP contribution in [0, 0.1) is 5.92 Å². The summed E-state index contributed by atoms with van der Waals surface area (Å²) in [5, 5.41) is 3.20. The fourth-order valence-corrected chi connectivity index (χ4v) is 4.53. The van der Waals surface area contributed by atoms with Crippen molar-refractivity contribution in [2.75, 3.05) is 18.8 Å². The maximum absolute atomic E-state index is 10.5. The van der Waals surface area contributed by atoms with Gasteiger partial charge < -0.3 is 5.32 Å². The average molecular weight is 352 g/mol. The van der Waals surface area contributed by atoms with Gasteiger partial charge in [0.25, 0.3) is 0 Å². The van der Waals surface area contributed by atoms with Crippen LogP contribution in [0.5, 0.6) is 0 Å². The molecule has 4 nitrogen and oxygen atoms in total. The van der Waals surface area contributed by atoms with Crippen LogP contribution in [0.4, 0.5) is 0 Å². The summed E-state index contributed by atoms with van der Waals surface area (Å²) in [6, 6.07) is 0. The third kappa shape index (κ3) is 12.7. The number of hydrogen-bond acceptors (Lipinski definition) is 4. The molecule has 0 heterocycles. The van der Waals surface area contributed by atoms with E-state index < -0.39 is 9.15 Å². The Kier molecular flexibility index (Phi) is 11.6. The van der Waals surface area contributed by atoms with Crippen LogP contribution in [-0.4, -0.2) is 31.8 Å². The maximum atomic E-state index is 10.5. The molecule has 0 bridgehead atoms. The molecule has 132 valence electrons. The van der Waals surface area contributed by atoms with Crippen molar-refractivity contribution >= 4 is 19.9 Å². The summed E-state index contributed by atoms with van der Waals surface area (Å²) in [6.07, 6.45) is 16.6. The van der Waals surface area contributed by atoms with Crippen molar-refractivity contribution in [2.45, 2.75) is 77.0 Å². The molecular weight excluding hydrogens is 318 g/mol. The first-order valence-corrected chi connectivity index (χ1v) is 11.8. The summed E-state index contributed by atoms with van der Waals surface area (Å²) in [4.78, 5) is 0. The molecule has 1 aliphatic carbocycles. The fourth-order valence-electron chi connectivity index (χ4n) is 3.21. The number of unbranched alkanes of at least 4 members (excludes halogenated alkanes) is 6. The standard InChI is InChI=1S/C16H33NO3S2/c18-22(19,20)21-15-14-17-13-9-5-3-1-2-4-6-10-16-11-7-8-12-16/h16-17H,1-15H2,(H,18,19,20). The van der Waals surface area contributed by atoms with Crippen molar-refractivity contribution in [1.29, 1.82) is 0 Å². The molecule has 0 aromatic carbocycles. The predicted molar refractivity (Wildman–Crippen MR) is 95.8 cm³/mol. The zero-order valence-corrected chi connectivity index (χ0v) is 15.4. The van der Waals surface area contributed by atoms with Crippen LogP contribution >= 0.6 is 10.8 Å². The summed E-state index contributed by atoms with van der Waals surface area (Å²) >= 11 is 0. The normalized spacial score (nSPS) is 16.4. The highest BCUT2D eigenvalue weighted by atomic mass is 33.1. The molecule has 0 aromatic heterocycles. The third-order valence-corrected chi connectivity index (χ3v) is 6.51. The third-order valence-electron chi connectivity index (χ3n) is 4.45. The van der Waals surface area contributed by atoms with Gasteiger partial charge in [-0.3, -0.25) is 4.55 Å². The molecule has 1 fully saturated rings. The van der Waals surface area contributed by atoms with Gasteiger partial charge in [-0.15, -0.1) is 0 Å². The average Bonchev–Trinajstić information content (AvgIpc) is 2.96. The lowest BCUT2D eigenvalue weighted by molar-refractivity contribution is 0.460. The zero-order valence-electron chi connectivity index (χ0n) is 13.8. The van der Waals surface area contributed by atoms with Crippen LogP contribution in [0.3, 0.4) is 0 Å². The van der Waals surface area contributed by atoms with E-state index in [0.29, 0.717) is 23.1 Å². The maximum Gasteiger partial charge on any atom is 0.319 e. The van der Waals surface area contributed by atoms with E-state index in [4.69, 9.17) is 4.55 Å². The van der Waals surface area contributed by atoms with Gasteiger partial charge in [-0.05, 0) is 29.7 Å². The van der Waals surface area contributed by atoms with Crippen LogP contribution < -0.4 is 5.32 Å². The number of hydrogen-bond donors (Lipinski definition) is 2. The molecule has 0 aliphatic heterocycles. The molecule has 0 amide bonds. The van der Waals surface area contributed by atoms with Gasteiger partial charge in [0.05, 0.1) is 0 Å². The molecule has 0 atom stereocenters. The topological polar surface area (TPSA) is 66.4 Å². The highest BCUT2D eigenvalue weighted by Crippen LogP contribution is 2.29. The van der Waals surface area contributed by atoms with E-state index in [0.717, 1.165) is 18.9 Å². The van der Waals surface area contributed by atoms with E-state index in [1.807, 2.05) is 0 Å². The van der Waals surface area contributed by atoms with Crippen molar-refractivity contribution < 1.29 is 13.0 Å².